The highest BCUT2D eigenvalue weighted by atomic mass is 32.2. The Morgan fingerprint density at radius 1 is 1.19 bits per heavy atom. The van der Waals surface area contributed by atoms with E-state index in [0.717, 1.165) is 3.97 Å². The van der Waals surface area contributed by atoms with Gasteiger partial charge in [-0.15, -0.1) is 0 Å². The van der Waals surface area contributed by atoms with E-state index in [1.807, 2.05) is 0 Å². The Hall–Kier alpha value is -3.51. The normalized spacial score (nSPS) is 19.6. The van der Waals surface area contributed by atoms with Gasteiger partial charge in [-0.25, -0.2) is 31.5 Å². The minimum absolute atomic E-state index is 0.00585. The molecule has 1 amide bonds. The van der Waals surface area contributed by atoms with Gasteiger partial charge in [0.25, 0.3) is 10.0 Å². The van der Waals surface area contributed by atoms with Crippen LogP contribution in [0.5, 0.6) is 0 Å². The molecule has 1 unspecified atom stereocenters. The first kappa shape index (κ1) is 25.2. The Labute approximate surface area is 213 Å². The summed E-state index contributed by atoms with van der Waals surface area (Å²) >= 11 is 0. The van der Waals surface area contributed by atoms with Gasteiger partial charge in [-0.1, -0.05) is 18.2 Å². The first-order chi connectivity index (χ1) is 17.4. The van der Waals surface area contributed by atoms with Crippen molar-refractivity contribution in [1.82, 2.24) is 23.4 Å². The lowest BCUT2D eigenvalue weighted by atomic mass is 10.2. The second-order valence-electron chi connectivity index (χ2n) is 10.1. The predicted molar refractivity (Wildman–Crippen MR) is 134 cm³/mol. The van der Waals surface area contributed by atoms with Crippen LogP contribution in [0.4, 0.5) is 9.18 Å². The number of rotatable bonds is 4. The van der Waals surface area contributed by atoms with Crippen LogP contribution in [0.3, 0.4) is 0 Å². The number of likely N-dealkylation sites (tertiary alicyclic amines) is 1. The van der Waals surface area contributed by atoms with Crippen molar-refractivity contribution in [3.05, 3.63) is 54.6 Å². The smallest absolute Gasteiger partial charge is 0.410 e. The number of aromatic nitrogens is 4. The van der Waals surface area contributed by atoms with E-state index >= 15 is 4.39 Å². The molecule has 1 N–H and O–H groups in total. The molecule has 5 rings (SSSR count). The van der Waals surface area contributed by atoms with Crippen LogP contribution >= 0.6 is 0 Å². The number of carbonyl (C=O) groups excluding carboxylic acids is 1. The Morgan fingerprint density at radius 2 is 1.89 bits per heavy atom. The van der Waals surface area contributed by atoms with Crippen LogP contribution < -0.4 is 0 Å². The number of ether oxygens (including phenoxy) is 1. The van der Waals surface area contributed by atoms with Crippen molar-refractivity contribution in [1.29, 1.82) is 0 Å². The lowest BCUT2D eigenvalue weighted by Gasteiger charge is -2.24. The fourth-order valence-corrected chi connectivity index (χ4v) is 5.98. The molecule has 37 heavy (non-hydrogen) atoms. The summed E-state index contributed by atoms with van der Waals surface area (Å²) < 4.78 is 50.2. The van der Waals surface area contributed by atoms with Crippen molar-refractivity contribution in [2.24, 2.45) is 0 Å². The summed E-state index contributed by atoms with van der Waals surface area (Å²) in [7, 11) is -3.95. The Balaban J connectivity index is 1.65. The molecule has 196 valence electrons. The van der Waals surface area contributed by atoms with Crippen molar-refractivity contribution in [2.45, 2.75) is 56.5 Å². The number of pyridine rings is 1. The number of nitrogens with zero attached hydrogens (tertiary/aromatic N) is 5. The number of carbonyl (C=O) groups is 1. The molecule has 0 spiro atoms. The Morgan fingerprint density at radius 3 is 2.54 bits per heavy atom. The van der Waals surface area contributed by atoms with Crippen molar-refractivity contribution >= 4 is 38.2 Å². The first-order valence-electron chi connectivity index (χ1n) is 11.9. The first-order valence-corrected chi connectivity index (χ1v) is 13.3. The highest BCUT2D eigenvalue weighted by Crippen LogP contribution is 2.36. The quantitative estimate of drug-likeness (QED) is 0.427. The number of imidazole rings is 1. The maximum atomic E-state index is 15.5. The SMILES string of the molecule is C[C@@H](O)c1nc2cnc3c(ccn3S(=O)(=O)c3ccccc3)c2n1[C@@H]1CN(C(=O)OC(C)(C)C)CC1F. The fourth-order valence-electron chi connectivity index (χ4n) is 4.66. The molecule has 1 fully saturated rings. The summed E-state index contributed by atoms with van der Waals surface area (Å²) in [6.07, 6.45) is -0.355. The molecule has 0 radical (unpaired) electrons. The second kappa shape index (κ2) is 8.80. The zero-order valence-corrected chi connectivity index (χ0v) is 21.7. The lowest BCUT2D eigenvalue weighted by molar-refractivity contribution is 0.0281. The number of aliphatic hydroxyl groups excluding tert-OH is 1. The average Bonchev–Trinajstić information content (AvgIpc) is 3.52. The van der Waals surface area contributed by atoms with Gasteiger partial charge in [0.15, 0.2) is 5.65 Å². The molecule has 0 bridgehead atoms. The highest BCUT2D eigenvalue weighted by Gasteiger charge is 2.41. The molecular formula is C25H28FN5O5S. The third kappa shape index (κ3) is 4.33. The maximum Gasteiger partial charge on any atom is 0.410 e. The molecule has 1 saturated heterocycles. The summed E-state index contributed by atoms with van der Waals surface area (Å²) in [6, 6.07) is 8.68. The molecule has 1 aromatic carbocycles. The van der Waals surface area contributed by atoms with E-state index in [1.54, 1.807) is 49.6 Å². The van der Waals surface area contributed by atoms with Crippen LogP contribution in [0.2, 0.25) is 0 Å². The molecule has 0 saturated carbocycles. The molecule has 3 atom stereocenters. The molecule has 1 aliphatic heterocycles. The highest BCUT2D eigenvalue weighted by molar-refractivity contribution is 7.90. The molecule has 12 heteroatoms. The largest absolute Gasteiger partial charge is 0.444 e. The Bertz CT molecular complexity index is 1590. The van der Waals surface area contributed by atoms with Crippen LogP contribution in [-0.4, -0.2) is 67.9 Å². The fraction of sp³-hybridized carbons (Fsp3) is 0.400. The van der Waals surface area contributed by atoms with E-state index in [4.69, 9.17) is 4.74 Å². The number of benzene rings is 1. The zero-order valence-electron chi connectivity index (χ0n) is 20.9. The minimum Gasteiger partial charge on any atom is -0.444 e. The van der Waals surface area contributed by atoms with Crippen molar-refractivity contribution in [3.63, 3.8) is 0 Å². The van der Waals surface area contributed by atoms with Gasteiger partial charge < -0.3 is 19.3 Å². The van der Waals surface area contributed by atoms with Gasteiger partial charge in [0, 0.05) is 18.1 Å². The summed E-state index contributed by atoms with van der Waals surface area (Å²) in [6.45, 7) is 6.53. The third-order valence-electron chi connectivity index (χ3n) is 6.23. The number of hydrogen-bond donors (Lipinski definition) is 1. The number of amides is 1. The van der Waals surface area contributed by atoms with Gasteiger partial charge in [-0.2, -0.15) is 0 Å². The standard InChI is InChI=1S/C25H28FN5O5S/c1-15(32)22-28-19-12-27-23-17(10-11-30(23)37(34,35)16-8-6-5-7-9-16)21(19)31(22)20-14-29(13-18(20)26)24(33)36-25(2,3)4/h5-12,15,18,20,32H,13-14H2,1-4H3/t15-,18?,20-/m1/s1. The van der Waals surface area contributed by atoms with Crippen LogP contribution in [0.25, 0.3) is 22.1 Å². The average molecular weight is 530 g/mol. The summed E-state index contributed by atoms with van der Waals surface area (Å²) in [4.78, 5) is 22.9. The predicted octanol–water partition coefficient (Wildman–Crippen LogP) is 3.81. The summed E-state index contributed by atoms with van der Waals surface area (Å²) in [5, 5.41) is 10.9. The van der Waals surface area contributed by atoms with E-state index in [9.17, 15) is 18.3 Å². The van der Waals surface area contributed by atoms with Crippen molar-refractivity contribution in [3.8, 4) is 0 Å². The van der Waals surface area contributed by atoms with Crippen LogP contribution in [0, 0.1) is 0 Å². The molecule has 0 aliphatic carbocycles. The number of hydrogen-bond acceptors (Lipinski definition) is 7. The van der Waals surface area contributed by atoms with Crippen LogP contribution in [0.1, 0.15) is 45.7 Å². The van der Waals surface area contributed by atoms with E-state index in [1.165, 1.54) is 36.4 Å². The van der Waals surface area contributed by atoms with Crippen molar-refractivity contribution < 1.29 is 27.4 Å². The zero-order chi connectivity index (χ0) is 26.7. The van der Waals surface area contributed by atoms with Crippen LogP contribution in [-0.2, 0) is 14.8 Å². The molecule has 4 heterocycles. The van der Waals surface area contributed by atoms with Gasteiger partial charge in [0.05, 0.1) is 29.2 Å². The molecule has 10 nitrogen and oxygen atoms in total. The molecular weight excluding hydrogens is 501 g/mol. The molecule has 4 aromatic rings. The van der Waals surface area contributed by atoms with E-state index in [-0.39, 0.29) is 29.5 Å². The third-order valence-corrected chi connectivity index (χ3v) is 7.91. The molecule has 1 aliphatic rings. The number of fused-ring (bicyclic) bond motifs is 3. The molecule has 3 aromatic heterocycles. The van der Waals surface area contributed by atoms with Crippen molar-refractivity contribution in [2.75, 3.05) is 13.1 Å². The topological polar surface area (TPSA) is 120 Å². The number of halogens is 1. The van der Waals surface area contributed by atoms with Gasteiger partial charge in [0.1, 0.15) is 29.2 Å². The summed E-state index contributed by atoms with van der Waals surface area (Å²) in [5.41, 5.74) is 0.216. The van der Waals surface area contributed by atoms with Gasteiger partial charge in [-0.3, -0.25) is 0 Å². The van der Waals surface area contributed by atoms with E-state index in [0.29, 0.717) is 16.4 Å². The monoisotopic (exact) mass is 529 g/mol. The maximum absolute atomic E-state index is 15.5. The van der Waals surface area contributed by atoms with Gasteiger partial charge in [-0.05, 0) is 45.9 Å². The van der Waals surface area contributed by atoms with E-state index < -0.39 is 40.0 Å². The van der Waals surface area contributed by atoms with Gasteiger partial charge in [0.2, 0.25) is 0 Å². The second-order valence-corrected chi connectivity index (χ2v) is 12.0. The number of alkyl halides is 1. The lowest BCUT2D eigenvalue weighted by Crippen LogP contribution is -2.35. The van der Waals surface area contributed by atoms with Gasteiger partial charge >= 0.3 is 6.09 Å². The summed E-state index contributed by atoms with van der Waals surface area (Å²) in [5.74, 6) is 0.196. The Kier molecular flexibility index (Phi) is 5.99. The number of aliphatic hydroxyl groups is 1. The van der Waals surface area contributed by atoms with E-state index in [2.05, 4.69) is 9.97 Å². The minimum atomic E-state index is -3.95. The van der Waals surface area contributed by atoms with Crippen LogP contribution in [0.15, 0.2) is 53.7 Å².